The van der Waals surface area contributed by atoms with Crippen molar-refractivity contribution in [3.8, 4) is 5.75 Å². The number of benzene rings is 2. The Hall–Kier alpha value is -2.43. The van der Waals surface area contributed by atoms with Crippen molar-refractivity contribution in [3.05, 3.63) is 64.7 Å². The lowest BCUT2D eigenvalue weighted by molar-refractivity contribution is -0.231. The van der Waals surface area contributed by atoms with Crippen molar-refractivity contribution in [2.75, 3.05) is 13.7 Å². The van der Waals surface area contributed by atoms with Gasteiger partial charge in [0.25, 0.3) is 0 Å². The van der Waals surface area contributed by atoms with E-state index in [0.29, 0.717) is 12.2 Å². The maximum atomic E-state index is 11.0. The van der Waals surface area contributed by atoms with Gasteiger partial charge in [-0.1, -0.05) is 36.4 Å². The normalized spacial score (nSPS) is 28.7. The molecule has 0 aromatic heterocycles. The first-order valence-electron chi connectivity index (χ1n) is 12.7. The first-order valence-corrected chi connectivity index (χ1v) is 12.7. The molecule has 4 saturated carbocycles. The molecule has 4 fully saturated rings. The van der Waals surface area contributed by atoms with Crippen LogP contribution in [-0.2, 0) is 14.9 Å². The minimum atomic E-state index is -0.698. The zero-order valence-corrected chi connectivity index (χ0v) is 20.6. The van der Waals surface area contributed by atoms with Crippen molar-refractivity contribution in [1.82, 2.24) is 0 Å². The van der Waals surface area contributed by atoms with E-state index in [1.54, 1.807) is 7.11 Å². The fourth-order valence-corrected chi connectivity index (χ4v) is 7.13. The van der Waals surface area contributed by atoms with E-state index >= 15 is 0 Å². The van der Waals surface area contributed by atoms with Gasteiger partial charge in [0.05, 0.1) is 6.61 Å². The third kappa shape index (κ3) is 4.58. The van der Waals surface area contributed by atoms with Gasteiger partial charge in [-0.25, -0.2) is 0 Å². The zero-order chi connectivity index (χ0) is 23.7. The lowest BCUT2D eigenvalue weighted by Gasteiger charge is -2.57. The van der Waals surface area contributed by atoms with Gasteiger partial charge >= 0.3 is 6.48 Å². The van der Waals surface area contributed by atoms with Gasteiger partial charge in [0, 0.05) is 18.2 Å². The highest BCUT2D eigenvalue weighted by atomic mass is 16.8. The van der Waals surface area contributed by atoms with Crippen LogP contribution in [0.2, 0.25) is 0 Å². The van der Waals surface area contributed by atoms with Crippen LogP contribution in [0.1, 0.15) is 79.4 Å². The molecule has 1 unspecified atom stereocenters. The summed E-state index contributed by atoms with van der Waals surface area (Å²) in [6.45, 7) is 3.95. The lowest BCUT2D eigenvalue weighted by atomic mass is 9.48. The molecule has 4 aliphatic carbocycles. The van der Waals surface area contributed by atoms with Gasteiger partial charge in [-0.2, -0.15) is 0 Å². The Bertz CT molecular complexity index is 1020. The molecule has 4 heteroatoms. The van der Waals surface area contributed by atoms with E-state index < -0.39 is 6.48 Å². The van der Waals surface area contributed by atoms with Crippen molar-refractivity contribution in [2.24, 2.45) is 17.8 Å². The Morgan fingerprint density at radius 3 is 2.18 bits per heavy atom. The first-order chi connectivity index (χ1) is 16.5. The molecule has 0 N–H and O–H groups in total. The molecular weight excluding hydrogens is 424 g/mol. The number of ether oxygens (including phenoxy) is 3. The fourth-order valence-electron chi connectivity index (χ4n) is 7.13. The molecule has 180 valence electrons. The van der Waals surface area contributed by atoms with Crippen molar-refractivity contribution >= 4 is 17.9 Å². The van der Waals surface area contributed by atoms with Crippen LogP contribution in [-0.4, -0.2) is 26.5 Å². The molecule has 4 nitrogen and oxygen atoms in total. The van der Waals surface area contributed by atoms with E-state index in [9.17, 15) is 4.79 Å². The molecule has 34 heavy (non-hydrogen) atoms. The highest BCUT2D eigenvalue weighted by molar-refractivity contribution is 5.82. The summed E-state index contributed by atoms with van der Waals surface area (Å²) in [5, 5.41) is 0. The quantitative estimate of drug-likeness (QED) is 0.233. The Morgan fingerprint density at radius 2 is 1.62 bits per heavy atom. The standard InChI is InChI=1S/C30H36O4/c1-4-33-29(32-3)34-28-10-9-26(20(2)11-21-5-7-22(19-31)8-6-21)15-27(28)30-16-23-12-24(17-30)14-25(13-23)18-30/h5-11,15,19,23-25,29H,4,12-14,16-18H2,1-3H3. The van der Waals surface area contributed by atoms with Crippen LogP contribution in [0.15, 0.2) is 42.5 Å². The van der Waals surface area contributed by atoms with E-state index in [-0.39, 0.29) is 5.41 Å². The average molecular weight is 461 g/mol. The summed E-state index contributed by atoms with van der Waals surface area (Å²) >= 11 is 0. The molecule has 4 aliphatic rings. The summed E-state index contributed by atoms with van der Waals surface area (Å²) in [5.41, 5.74) is 5.72. The SMILES string of the molecule is CCOC(OC)Oc1ccc(C(C)=Cc2ccc(C=O)cc2)cc1C12CC3CC(CC(C3)C1)C2. The Balaban J connectivity index is 1.52. The summed E-state index contributed by atoms with van der Waals surface area (Å²) in [6.07, 6.45) is 11.1. The van der Waals surface area contributed by atoms with E-state index in [1.807, 2.05) is 31.2 Å². The smallest absolute Gasteiger partial charge is 0.315 e. The molecule has 2 aromatic carbocycles. The van der Waals surface area contributed by atoms with Gasteiger partial charge in [-0.15, -0.1) is 0 Å². The summed E-state index contributed by atoms with van der Waals surface area (Å²) in [7, 11) is 1.63. The van der Waals surface area contributed by atoms with Gasteiger partial charge in [0.1, 0.15) is 12.0 Å². The molecule has 0 spiro atoms. The summed E-state index contributed by atoms with van der Waals surface area (Å²) < 4.78 is 17.4. The van der Waals surface area contributed by atoms with Crippen molar-refractivity contribution in [2.45, 2.75) is 64.3 Å². The van der Waals surface area contributed by atoms with Crippen LogP contribution in [0.25, 0.3) is 11.6 Å². The van der Waals surface area contributed by atoms with Crippen LogP contribution in [0.4, 0.5) is 0 Å². The van der Waals surface area contributed by atoms with Crippen molar-refractivity contribution in [3.63, 3.8) is 0 Å². The zero-order valence-electron chi connectivity index (χ0n) is 20.6. The van der Waals surface area contributed by atoms with Gasteiger partial charge in [0.15, 0.2) is 0 Å². The minimum absolute atomic E-state index is 0.191. The highest BCUT2D eigenvalue weighted by Crippen LogP contribution is 2.62. The Labute approximate surface area is 203 Å². The number of rotatable bonds is 9. The van der Waals surface area contributed by atoms with Crippen LogP contribution in [0.3, 0.4) is 0 Å². The van der Waals surface area contributed by atoms with Gasteiger partial charge in [-0.05, 0) is 104 Å². The number of hydrogen-bond acceptors (Lipinski definition) is 4. The number of hydrogen-bond donors (Lipinski definition) is 0. The predicted molar refractivity (Wildman–Crippen MR) is 135 cm³/mol. The molecular formula is C30H36O4. The molecule has 0 saturated heterocycles. The molecule has 2 aromatic rings. The van der Waals surface area contributed by atoms with E-state index in [2.05, 4.69) is 31.2 Å². The van der Waals surface area contributed by atoms with Crippen molar-refractivity contribution in [1.29, 1.82) is 0 Å². The third-order valence-corrected chi connectivity index (χ3v) is 8.22. The second kappa shape index (κ2) is 9.67. The highest BCUT2D eigenvalue weighted by Gasteiger charge is 2.52. The van der Waals surface area contributed by atoms with Crippen molar-refractivity contribution < 1.29 is 19.0 Å². The predicted octanol–water partition coefficient (Wildman–Crippen LogP) is 6.87. The molecule has 0 amide bonds. The van der Waals surface area contributed by atoms with Gasteiger partial charge in [0.2, 0.25) is 0 Å². The topological polar surface area (TPSA) is 44.8 Å². The van der Waals surface area contributed by atoms with E-state index in [4.69, 9.17) is 14.2 Å². The van der Waals surface area contributed by atoms with Gasteiger partial charge < -0.3 is 14.2 Å². The minimum Gasteiger partial charge on any atom is -0.441 e. The summed E-state index contributed by atoms with van der Waals surface area (Å²) in [4.78, 5) is 11.0. The Morgan fingerprint density at radius 1 is 1.00 bits per heavy atom. The number of methoxy groups -OCH3 is 1. The maximum Gasteiger partial charge on any atom is 0.315 e. The fraction of sp³-hybridized carbons (Fsp3) is 0.500. The Kier molecular flexibility index (Phi) is 6.63. The largest absolute Gasteiger partial charge is 0.441 e. The second-order valence-electron chi connectivity index (χ2n) is 10.6. The molecule has 0 heterocycles. The van der Waals surface area contributed by atoms with E-state index in [1.165, 1.54) is 55.2 Å². The third-order valence-electron chi connectivity index (χ3n) is 8.22. The monoisotopic (exact) mass is 460 g/mol. The lowest BCUT2D eigenvalue weighted by Crippen LogP contribution is -2.48. The van der Waals surface area contributed by atoms with E-state index in [0.717, 1.165) is 35.4 Å². The second-order valence-corrected chi connectivity index (χ2v) is 10.6. The number of allylic oxidation sites excluding steroid dienone is 1. The van der Waals surface area contributed by atoms with Gasteiger partial charge in [-0.3, -0.25) is 4.79 Å². The van der Waals surface area contributed by atoms with Crippen LogP contribution >= 0.6 is 0 Å². The van der Waals surface area contributed by atoms with Crippen LogP contribution < -0.4 is 4.74 Å². The number of carbonyl (C=O) groups excluding carboxylic acids is 1. The average Bonchev–Trinajstić information content (AvgIpc) is 2.83. The maximum absolute atomic E-state index is 11.0. The first kappa shape index (κ1) is 23.3. The van der Waals surface area contributed by atoms with Crippen LogP contribution in [0.5, 0.6) is 5.75 Å². The number of aldehydes is 1. The molecule has 0 radical (unpaired) electrons. The number of carbonyl (C=O) groups is 1. The molecule has 6 rings (SSSR count). The molecule has 0 aliphatic heterocycles. The summed E-state index contributed by atoms with van der Waals surface area (Å²) in [5.74, 6) is 3.44. The van der Waals surface area contributed by atoms with Crippen LogP contribution in [0, 0.1) is 17.8 Å². The molecule has 4 bridgehead atoms. The molecule has 1 atom stereocenters. The summed E-state index contributed by atoms with van der Waals surface area (Å²) in [6, 6.07) is 14.3.